The molecule has 0 aliphatic heterocycles. The van der Waals surface area contributed by atoms with Gasteiger partial charge in [-0.15, -0.1) is 0 Å². The zero-order valence-electron chi connectivity index (χ0n) is 16.2. The molecule has 0 fully saturated rings. The van der Waals surface area contributed by atoms with E-state index < -0.39 is 5.97 Å². The predicted molar refractivity (Wildman–Crippen MR) is 114 cm³/mol. The van der Waals surface area contributed by atoms with Gasteiger partial charge in [0.15, 0.2) is 0 Å². The van der Waals surface area contributed by atoms with Crippen molar-refractivity contribution in [2.45, 2.75) is 0 Å². The maximum atomic E-state index is 10.4. The molecular weight excluding hydrogens is 366 g/mol. The van der Waals surface area contributed by atoms with Crippen LogP contribution in [-0.4, -0.2) is 47.8 Å². The second-order valence-electron chi connectivity index (χ2n) is 6.42. The highest BCUT2D eigenvalue weighted by molar-refractivity contribution is 5.78. The second-order valence-corrected chi connectivity index (χ2v) is 6.42. The van der Waals surface area contributed by atoms with E-state index in [4.69, 9.17) is 19.8 Å². The number of aromatic nitrogens is 2. The lowest BCUT2D eigenvalue weighted by Crippen LogP contribution is -2.19. The zero-order chi connectivity index (χ0) is 20.5. The molecule has 0 saturated heterocycles. The molecule has 0 aliphatic rings. The summed E-state index contributed by atoms with van der Waals surface area (Å²) < 4.78 is 4.99. The van der Waals surface area contributed by atoms with Gasteiger partial charge in [0.1, 0.15) is 12.4 Å². The van der Waals surface area contributed by atoms with E-state index in [1.54, 1.807) is 12.3 Å². The van der Waals surface area contributed by atoms with Gasteiger partial charge in [-0.05, 0) is 0 Å². The number of ether oxygens (including phenoxy) is 1. The summed E-state index contributed by atoms with van der Waals surface area (Å²) in [6.45, 7) is 0.561. The summed E-state index contributed by atoms with van der Waals surface area (Å²) in [7, 11) is 1.93. The van der Waals surface area contributed by atoms with Crippen LogP contribution < -0.4 is 4.90 Å². The van der Waals surface area contributed by atoms with Crippen molar-refractivity contribution < 1.29 is 14.6 Å². The van der Waals surface area contributed by atoms with Gasteiger partial charge in [0.2, 0.25) is 0 Å². The van der Waals surface area contributed by atoms with Crippen LogP contribution in [-0.2, 0) is 9.53 Å². The van der Waals surface area contributed by atoms with Gasteiger partial charge in [-0.3, -0.25) is 4.98 Å². The molecule has 0 bridgehead atoms. The van der Waals surface area contributed by atoms with E-state index in [2.05, 4.69) is 0 Å². The topological polar surface area (TPSA) is 75.5 Å². The van der Waals surface area contributed by atoms with Crippen molar-refractivity contribution in [1.29, 1.82) is 0 Å². The van der Waals surface area contributed by atoms with Crippen molar-refractivity contribution >= 4 is 11.8 Å². The Morgan fingerprint density at radius 3 is 2.24 bits per heavy atom. The molecule has 0 saturated carbocycles. The Kier molecular flexibility index (Phi) is 7.08. The number of hydrogen-bond donors (Lipinski definition) is 1. The Morgan fingerprint density at radius 1 is 1.00 bits per heavy atom. The molecule has 6 nitrogen and oxygen atoms in total. The lowest BCUT2D eigenvalue weighted by molar-refractivity contribution is -0.141. The zero-order valence-corrected chi connectivity index (χ0v) is 16.2. The number of benzene rings is 2. The first-order chi connectivity index (χ1) is 14.1. The molecule has 29 heavy (non-hydrogen) atoms. The minimum absolute atomic E-state index is 0.258. The summed E-state index contributed by atoms with van der Waals surface area (Å²) >= 11 is 0. The fourth-order valence-electron chi connectivity index (χ4n) is 2.78. The highest BCUT2D eigenvalue weighted by Crippen LogP contribution is 2.30. The third kappa shape index (κ3) is 5.73. The van der Waals surface area contributed by atoms with E-state index in [1.165, 1.54) is 0 Å². The van der Waals surface area contributed by atoms with Crippen LogP contribution in [0.25, 0.3) is 22.5 Å². The van der Waals surface area contributed by atoms with Gasteiger partial charge in [-0.1, -0.05) is 72.8 Å². The monoisotopic (exact) mass is 389 g/mol. The fourth-order valence-corrected chi connectivity index (χ4v) is 2.78. The molecule has 0 unspecified atom stereocenters. The van der Waals surface area contributed by atoms with Crippen LogP contribution >= 0.6 is 0 Å². The van der Waals surface area contributed by atoms with Crippen LogP contribution in [0.5, 0.6) is 0 Å². The van der Waals surface area contributed by atoms with E-state index in [0.29, 0.717) is 6.54 Å². The minimum Gasteiger partial charge on any atom is -0.480 e. The number of anilines is 1. The molecule has 0 atom stereocenters. The van der Waals surface area contributed by atoms with E-state index in [-0.39, 0.29) is 13.2 Å². The van der Waals surface area contributed by atoms with Gasteiger partial charge in [0.05, 0.1) is 24.2 Å². The van der Waals surface area contributed by atoms with Crippen molar-refractivity contribution in [3.63, 3.8) is 0 Å². The first-order valence-corrected chi connectivity index (χ1v) is 9.28. The SMILES string of the molecule is CN(C/C=C\COCC(=O)O)c1cnc(-c2ccccc2)c(-c2ccccc2)n1. The number of carbonyl (C=O) groups is 1. The predicted octanol–water partition coefficient (Wildman–Crippen LogP) is 3.90. The summed E-state index contributed by atoms with van der Waals surface area (Å²) in [5, 5.41) is 8.56. The summed E-state index contributed by atoms with van der Waals surface area (Å²) in [5.41, 5.74) is 3.69. The molecule has 1 heterocycles. The standard InChI is InChI=1S/C23H23N3O3/c1-26(14-8-9-15-29-17-21(27)28)20-16-24-22(18-10-4-2-5-11-18)23(25-20)19-12-6-3-7-13-19/h2-13,16H,14-15,17H2,1H3,(H,27,28)/b9-8-. The lowest BCUT2D eigenvalue weighted by atomic mass is 10.0. The van der Waals surface area contributed by atoms with Crippen molar-refractivity contribution in [2.24, 2.45) is 0 Å². The van der Waals surface area contributed by atoms with Crippen molar-refractivity contribution in [2.75, 3.05) is 31.7 Å². The van der Waals surface area contributed by atoms with Crippen molar-refractivity contribution in [3.05, 3.63) is 79.0 Å². The fraction of sp³-hybridized carbons (Fsp3) is 0.174. The average Bonchev–Trinajstić information content (AvgIpc) is 2.76. The number of carboxylic acid groups (broad SMARTS) is 1. The van der Waals surface area contributed by atoms with Crippen molar-refractivity contribution in [1.82, 2.24) is 9.97 Å². The lowest BCUT2D eigenvalue weighted by Gasteiger charge is -2.18. The smallest absolute Gasteiger partial charge is 0.329 e. The molecule has 148 valence electrons. The van der Waals surface area contributed by atoms with Crippen LogP contribution in [0.4, 0.5) is 5.82 Å². The number of aliphatic carboxylic acids is 1. The van der Waals surface area contributed by atoms with Crippen LogP contribution in [0.1, 0.15) is 0 Å². The molecule has 0 radical (unpaired) electrons. The van der Waals surface area contributed by atoms with Crippen LogP contribution in [0.2, 0.25) is 0 Å². The Hall–Kier alpha value is -3.51. The first kappa shape index (κ1) is 20.2. The number of rotatable bonds is 9. The van der Waals surface area contributed by atoms with E-state index in [0.717, 1.165) is 28.3 Å². The summed E-state index contributed by atoms with van der Waals surface area (Å²) in [6.07, 6.45) is 5.48. The molecule has 0 spiro atoms. The van der Waals surface area contributed by atoms with Gasteiger partial charge >= 0.3 is 5.97 Å². The summed E-state index contributed by atoms with van der Waals surface area (Å²) in [4.78, 5) is 22.0. The Bertz CT molecular complexity index is 960. The molecule has 2 aromatic carbocycles. The first-order valence-electron chi connectivity index (χ1n) is 9.28. The maximum Gasteiger partial charge on any atom is 0.329 e. The normalized spacial score (nSPS) is 10.9. The molecule has 6 heteroatoms. The number of hydrogen-bond acceptors (Lipinski definition) is 5. The average molecular weight is 389 g/mol. The molecule has 3 rings (SSSR count). The Morgan fingerprint density at radius 2 is 1.62 bits per heavy atom. The number of nitrogens with zero attached hydrogens (tertiary/aromatic N) is 3. The van der Waals surface area contributed by atoms with Crippen LogP contribution in [0.3, 0.4) is 0 Å². The molecule has 1 N–H and O–H groups in total. The van der Waals surface area contributed by atoms with Gasteiger partial charge in [0, 0.05) is 24.7 Å². The summed E-state index contributed by atoms with van der Waals surface area (Å²) in [5.74, 6) is -0.225. The third-order valence-electron chi connectivity index (χ3n) is 4.23. The van der Waals surface area contributed by atoms with Crippen LogP contribution in [0, 0.1) is 0 Å². The molecule has 0 aliphatic carbocycles. The highest BCUT2D eigenvalue weighted by Gasteiger charge is 2.13. The number of likely N-dealkylation sites (N-methyl/N-ethyl adjacent to an activating group) is 1. The molecular formula is C23H23N3O3. The van der Waals surface area contributed by atoms with Gasteiger partial charge in [-0.2, -0.15) is 0 Å². The van der Waals surface area contributed by atoms with Crippen molar-refractivity contribution in [3.8, 4) is 22.5 Å². The van der Waals surface area contributed by atoms with Gasteiger partial charge in [-0.25, -0.2) is 9.78 Å². The summed E-state index contributed by atoms with van der Waals surface area (Å²) in [6, 6.07) is 20.0. The maximum absolute atomic E-state index is 10.4. The Labute approximate surface area is 170 Å². The molecule has 3 aromatic rings. The van der Waals surface area contributed by atoms with E-state index >= 15 is 0 Å². The van der Waals surface area contributed by atoms with Crippen LogP contribution in [0.15, 0.2) is 79.0 Å². The quantitative estimate of drug-likeness (QED) is 0.442. The van der Waals surface area contributed by atoms with Gasteiger partial charge < -0.3 is 14.7 Å². The van der Waals surface area contributed by atoms with E-state index in [1.807, 2.05) is 78.7 Å². The van der Waals surface area contributed by atoms with Gasteiger partial charge in [0.25, 0.3) is 0 Å². The Balaban J connectivity index is 1.80. The number of carboxylic acids is 1. The highest BCUT2D eigenvalue weighted by atomic mass is 16.5. The second kappa shape index (κ2) is 10.1. The molecule has 1 aromatic heterocycles. The minimum atomic E-state index is -0.974. The largest absolute Gasteiger partial charge is 0.480 e. The third-order valence-corrected chi connectivity index (χ3v) is 4.23. The van der Waals surface area contributed by atoms with E-state index in [9.17, 15) is 4.79 Å². The molecule has 0 amide bonds.